The van der Waals surface area contributed by atoms with Crippen molar-refractivity contribution < 1.29 is 0 Å². The average molecular weight is 232 g/mol. The summed E-state index contributed by atoms with van der Waals surface area (Å²) in [7, 11) is 2.08. The zero-order valence-corrected chi connectivity index (χ0v) is 11.3. The normalized spacial score (nSPS) is 18.5. The second-order valence-electron chi connectivity index (χ2n) is 5.21. The van der Waals surface area contributed by atoms with Crippen molar-refractivity contribution in [2.24, 2.45) is 0 Å². The Kier molecular flexibility index (Phi) is 4.19. The van der Waals surface area contributed by atoms with Gasteiger partial charge in [-0.3, -0.25) is 4.90 Å². The highest BCUT2D eigenvalue weighted by atomic mass is 15.1. The lowest BCUT2D eigenvalue weighted by molar-refractivity contribution is 0.194. The molecule has 1 aromatic rings. The molecule has 94 valence electrons. The van der Waals surface area contributed by atoms with Crippen LogP contribution in [0.1, 0.15) is 29.5 Å². The quantitative estimate of drug-likeness (QED) is 0.861. The number of nitrogens with one attached hydrogen (secondary N) is 1. The van der Waals surface area contributed by atoms with E-state index >= 15 is 0 Å². The maximum absolute atomic E-state index is 3.38. The van der Waals surface area contributed by atoms with Crippen LogP contribution in [0.15, 0.2) is 18.2 Å². The van der Waals surface area contributed by atoms with E-state index in [0.29, 0.717) is 0 Å². The fourth-order valence-electron chi connectivity index (χ4n) is 2.70. The van der Waals surface area contributed by atoms with Gasteiger partial charge < -0.3 is 5.32 Å². The van der Waals surface area contributed by atoms with Gasteiger partial charge in [0.15, 0.2) is 0 Å². The summed E-state index contributed by atoms with van der Waals surface area (Å²) in [5, 5.41) is 3.38. The number of rotatable bonds is 3. The summed E-state index contributed by atoms with van der Waals surface area (Å²) in [5.41, 5.74) is 4.39. The van der Waals surface area contributed by atoms with Gasteiger partial charge in [0.1, 0.15) is 0 Å². The van der Waals surface area contributed by atoms with Crippen molar-refractivity contribution in [1.82, 2.24) is 10.2 Å². The summed E-state index contributed by atoms with van der Waals surface area (Å²) >= 11 is 0. The van der Waals surface area contributed by atoms with E-state index in [1.807, 2.05) is 0 Å². The molecule has 2 rings (SSSR count). The van der Waals surface area contributed by atoms with Crippen molar-refractivity contribution in [3.8, 4) is 0 Å². The van der Waals surface area contributed by atoms with Gasteiger partial charge in [-0.15, -0.1) is 0 Å². The smallest absolute Gasteiger partial charge is 0.0239 e. The minimum absolute atomic E-state index is 0.726. The maximum Gasteiger partial charge on any atom is 0.0239 e. The fourth-order valence-corrected chi connectivity index (χ4v) is 2.70. The molecular weight excluding hydrogens is 208 g/mol. The first-order chi connectivity index (χ1) is 8.20. The van der Waals surface area contributed by atoms with Gasteiger partial charge in [-0.25, -0.2) is 0 Å². The third-order valence-corrected chi connectivity index (χ3v) is 4.02. The molecule has 0 aromatic heterocycles. The van der Waals surface area contributed by atoms with Gasteiger partial charge in [0.2, 0.25) is 0 Å². The van der Waals surface area contributed by atoms with Gasteiger partial charge >= 0.3 is 0 Å². The van der Waals surface area contributed by atoms with Crippen LogP contribution in [0.25, 0.3) is 0 Å². The van der Waals surface area contributed by atoms with E-state index in [2.05, 4.69) is 49.3 Å². The number of likely N-dealkylation sites (tertiary alicyclic amines) is 1. The van der Waals surface area contributed by atoms with Crippen molar-refractivity contribution >= 4 is 0 Å². The van der Waals surface area contributed by atoms with Crippen molar-refractivity contribution in [2.45, 2.75) is 39.3 Å². The number of benzene rings is 1. The van der Waals surface area contributed by atoms with E-state index in [-0.39, 0.29) is 0 Å². The van der Waals surface area contributed by atoms with Crippen LogP contribution in [-0.4, -0.2) is 31.1 Å². The van der Waals surface area contributed by atoms with E-state index in [1.54, 1.807) is 0 Å². The molecule has 0 saturated carbocycles. The number of aryl methyl sites for hydroxylation is 2. The van der Waals surface area contributed by atoms with Crippen molar-refractivity contribution in [3.05, 3.63) is 34.9 Å². The highest BCUT2D eigenvalue weighted by Crippen LogP contribution is 2.18. The Bertz CT molecular complexity index is 345. The monoisotopic (exact) mass is 232 g/mol. The summed E-state index contributed by atoms with van der Waals surface area (Å²) in [6, 6.07) is 7.33. The molecule has 0 unspecified atom stereocenters. The molecule has 1 aliphatic heterocycles. The molecule has 1 fully saturated rings. The SMILES string of the molecule is CNC1CCN(Cc2c(C)cccc2C)CC1. The van der Waals surface area contributed by atoms with Crippen LogP contribution in [0.5, 0.6) is 0 Å². The number of nitrogens with zero attached hydrogens (tertiary/aromatic N) is 1. The summed E-state index contributed by atoms with van der Waals surface area (Å²) in [4.78, 5) is 2.59. The van der Waals surface area contributed by atoms with Crippen molar-refractivity contribution in [3.63, 3.8) is 0 Å². The summed E-state index contributed by atoms with van der Waals surface area (Å²) in [6.45, 7) is 8.01. The van der Waals surface area contributed by atoms with E-state index in [1.165, 1.54) is 42.6 Å². The first-order valence-electron chi connectivity index (χ1n) is 6.65. The van der Waals surface area contributed by atoms with Gasteiger partial charge in [0, 0.05) is 12.6 Å². The first-order valence-corrected chi connectivity index (χ1v) is 6.65. The zero-order valence-electron chi connectivity index (χ0n) is 11.3. The molecule has 1 aliphatic rings. The molecule has 2 nitrogen and oxygen atoms in total. The second-order valence-corrected chi connectivity index (χ2v) is 5.21. The predicted molar refractivity (Wildman–Crippen MR) is 73.3 cm³/mol. The Morgan fingerprint density at radius 2 is 1.76 bits per heavy atom. The zero-order chi connectivity index (χ0) is 12.3. The number of piperidine rings is 1. The van der Waals surface area contributed by atoms with Crippen LogP contribution >= 0.6 is 0 Å². The average Bonchev–Trinajstić information content (AvgIpc) is 2.35. The van der Waals surface area contributed by atoms with E-state index in [0.717, 1.165) is 12.6 Å². The Balaban J connectivity index is 1.98. The highest BCUT2D eigenvalue weighted by Gasteiger charge is 2.18. The molecule has 17 heavy (non-hydrogen) atoms. The van der Waals surface area contributed by atoms with Gasteiger partial charge in [0.05, 0.1) is 0 Å². The van der Waals surface area contributed by atoms with Gasteiger partial charge in [0.25, 0.3) is 0 Å². The van der Waals surface area contributed by atoms with Crippen molar-refractivity contribution in [2.75, 3.05) is 20.1 Å². The number of hydrogen-bond donors (Lipinski definition) is 1. The lowest BCUT2D eigenvalue weighted by atomic mass is 10.00. The third kappa shape index (κ3) is 3.08. The Morgan fingerprint density at radius 3 is 2.29 bits per heavy atom. The predicted octanol–water partition coefficient (Wildman–Crippen LogP) is 2.49. The topological polar surface area (TPSA) is 15.3 Å². The van der Waals surface area contributed by atoms with Crippen LogP contribution in [0.2, 0.25) is 0 Å². The fraction of sp³-hybridized carbons (Fsp3) is 0.600. The molecule has 0 radical (unpaired) electrons. The van der Waals surface area contributed by atoms with E-state index in [9.17, 15) is 0 Å². The van der Waals surface area contributed by atoms with Crippen LogP contribution < -0.4 is 5.32 Å². The Labute approximate surface area is 105 Å². The third-order valence-electron chi connectivity index (χ3n) is 4.02. The molecule has 0 spiro atoms. The van der Waals surface area contributed by atoms with Gasteiger partial charge in [-0.05, 0) is 63.5 Å². The molecule has 0 atom stereocenters. The maximum atomic E-state index is 3.38. The summed E-state index contributed by atoms with van der Waals surface area (Å²) in [6.07, 6.45) is 2.56. The molecule has 0 amide bonds. The van der Waals surface area contributed by atoms with E-state index < -0.39 is 0 Å². The van der Waals surface area contributed by atoms with Gasteiger partial charge in [-0.1, -0.05) is 18.2 Å². The van der Waals surface area contributed by atoms with Crippen LogP contribution in [0, 0.1) is 13.8 Å². The van der Waals surface area contributed by atoms with Crippen LogP contribution in [0.3, 0.4) is 0 Å². The Morgan fingerprint density at radius 1 is 1.18 bits per heavy atom. The minimum Gasteiger partial charge on any atom is -0.317 e. The van der Waals surface area contributed by atoms with Crippen molar-refractivity contribution in [1.29, 1.82) is 0 Å². The largest absolute Gasteiger partial charge is 0.317 e. The molecular formula is C15H24N2. The molecule has 1 heterocycles. The lowest BCUT2D eigenvalue weighted by Crippen LogP contribution is -2.40. The first kappa shape index (κ1) is 12.6. The second kappa shape index (κ2) is 5.65. The van der Waals surface area contributed by atoms with Gasteiger partial charge in [-0.2, -0.15) is 0 Å². The number of hydrogen-bond acceptors (Lipinski definition) is 2. The minimum atomic E-state index is 0.726. The van der Waals surface area contributed by atoms with E-state index in [4.69, 9.17) is 0 Å². The summed E-state index contributed by atoms with van der Waals surface area (Å²) < 4.78 is 0. The molecule has 0 bridgehead atoms. The van der Waals surface area contributed by atoms with Crippen LogP contribution in [0.4, 0.5) is 0 Å². The van der Waals surface area contributed by atoms with Crippen LogP contribution in [-0.2, 0) is 6.54 Å². The molecule has 1 saturated heterocycles. The molecule has 1 N–H and O–H groups in total. The molecule has 1 aromatic carbocycles. The summed E-state index contributed by atoms with van der Waals surface area (Å²) in [5.74, 6) is 0. The molecule has 2 heteroatoms. The standard InChI is InChI=1S/C15H24N2/c1-12-5-4-6-13(2)15(12)11-17-9-7-14(16-3)8-10-17/h4-6,14,16H,7-11H2,1-3H3. The Hall–Kier alpha value is -0.860. The highest BCUT2D eigenvalue weighted by molar-refractivity contribution is 5.33. The molecule has 0 aliphatic carbocycles. The lowest BCUT2D eigenvalue weighted by Gasteiger charge is -2.32.